The molecule has 130 valence electrons. The van der Waals surface area contributed by atoms with Gasteiger partial charge in [0.1, 0.15) is 11.8 Å². The number of likely N-dealkylation sites (tertiary alicyclic amines) is 1. The molecule has 7 heteroatoms. The summed E-state index contributed by atoms with van der Waals surface area (Å²) < 4.78 is 0. The number of hydrogen-bond acceptors (Lipinski definition) is 4. The molecule has 0 saturated carbocycles. The first-order valence-corrected chi connectivity index (χ1v) is 8.70. The maximum absolute atomic E-state index is 12.7. The molecule has 1 unspecified atom stereocenters. The normalized spacial score (nSPS) is 21.1. The number of nitrogens with zero attached hydrogens (tertiary/aromatic N) is 2. The minimum Gasteiger partial charge on any atom is -0.506 e. The van der Waals surface area contributed by atoms with Crippen molar-refractivity contribution in [2.75, 3.05) is 32.7 Å². The molecule has 2 saturated heterocycles. The SMILES string of the molecule is O=C(C1CNCCN1C(=O)Cc1ccc(O)c(Cl)c1)N1CCCC1. The fraction of sp³-hybridized carbons (Fsp3) is 0.529. The molecule has 0 bridgehead atoms. The van der Waals surface area contributed by atoms with Gasteiger partial charge in [0.2, 0.25) is 11.8 Å². The number of amides is 2. The molecule has 2 N–H and O–H groups in total. The third kappa shape index (κ3) is 3.65. The van der Waals surface area contributed by atoms with Crippen molar-refractivity contribution >= 4 is 23.4 Å². The van der Waals surface area contributed by atoms with Crippen LogP contribution in [0.15, 0.2) is 18.2 Å². The molecule has 2 aliphatic heterocycles. The molecule has 3 rings (SSSR count). The Labute approximate surface area is 146 Å². The molecule has 6 nitrogen and oxygen atoms in total. The van der Waals surface area contributed by atoms with Gasteiger partial charge in [0.05, 0.1) is 11.4 Å². The summed E-state index contributed by atoms with van der Waals surface area (Å²) in [5.41, 5.74) is 0.730. The Hall–Kier alpha value is -1.79. The second-order valence-corrected chi connectivity index (χ2v) is 6.71. The van der Waals surface area contributed by atoms with Gasteiger partial charge in [-0.05, 0) is 30.5 Å². The van der Waals surface area contributed by atoms with Crippen LogP contribution in [0.3, 0.4) is 0 Å². The molecular formula is C17H22ClN3O3. The van der Waals surface area contributed by atoms with Crippen LogP contribution in [0.2, 0.25) is 5.02 Å². The minimum atomic E-state index is -0.433. The van der Waals surface area contributed by atoms with Crippen molar-refractivity contribution in [3.63, 3.8) is 0 Å². The van der Waals surface area contributed by atoms with Gasteiger partial charge in [-0.3, -0.25) is 9.59 Å². The molecule has 1 atom stereocenters. The fourth-order valence-corrected chi connectivity index (χ4v) is 3.51. The van der Waals surface area contributed by atoms with E-state index in [-0.39, 0.29) is 29.0 Å². The first-order valence-electron chi connectivity index (χ1n) is 8.32. The van der Waals surface area contributed by atoms with Crippen molar-refractivity contribution in [3.05, 3.63) is 28.8 Å². The smallest absolute Gasteiger partial charge is 0.246 e. The summed E-state index contributed by atoms with van der Waals surface area (Å²) in [5, 5.41) is 12.9. The second kappa shape index (κ2) is 7.40. The average Bonchev–Trinajstić information content (AvgIpc) is 3.12. The lowest BCUT2D eigenvalue weighted by Gasteiger charge is -2.37. The van der Waals surface area contributed by atoms with E-state index in [2.05, 4.69) is 5.32 Å². The molecule has 0 aromatic heterocycles. The highest BCUT2D eigenvalue weighted by Crippen LogP contribution is 2.24. The van der Waals surface area contributed by atoms with Crippen molar-refractivity contribution < 1.29 is 14.7 Å². The minimum absolute atomic E-state index is 0.00266. The Kier molecular flexibility index (Phi) is 5.26. The lowest BCUT2D eigenvalue weighted by Crippen LogP contribution is -2.60. The molecule has 0 spiro atoms. The van der Waals surface area contributed by atoms with Crippen molar-refractivity contribution in [1.82, 2.24) is 15.1 Å². The monoisotopic (exact) mass is 351 g/mol. The third-order valence-corrected chi connectivity index (χ3v) is 4.94. The van der Waals surface area contributed by atoms with E-state index in [0.29, 0.717) is 19.6 Å². The Morgan fingerprint density at radius 2 is 2.00 bits per heavy atom. The molecule has 2 heterocycles. The number of piperazine rings is 1. The van der Waals surface area contributed by atoms with E-state index in [1.54, 1.807) is 17.0 Å². The maximum Gasteiger partial charge on any atom is 0.246 e. The lowest BCUT2D eigenvalue weighted by atomic mass is 10.1. The van der Waals surface area contributed by atoms with Crippen LogP contribution < -0.4 is 5.32 Å². The molecule has 0 aliphatic carbocycles. The third-order valence-electron chi connectivity index (χ3n) is 4.63. The largest absolute Gasteiger partial charge is 0.506 e. The van der Waals surface area contributed by atoms with Gasteiger partial charge >= 0.3 is 0 Å². The van der Waals surface area contributed by atoms with Crippen LogP contribution in [-0.4, -0.2) is 65.5 Å². The number of carbonyl (C=O) groups is 2. The van der Waals surface area contributed by atoms with Crippen LogP contribution in [0.4, 0.5) is 0 Å². The average molecular weight is 352 g/mol. The highest BCUT2D eigenvalue weighted by atomic mass is 35.5. The predicted molar refractivity (Wildman–Crippen MR) is 91.0 cm³/mol. The zero-order valence-electron chi connectivity index (χ0n) is 13.5. The van der Waals surface area contributed by atoms with Gasteiger partial charge in [0.25, 0.3) is 0 Å². The quantitative estimate of drug-likeness (QED) is 0.852. The number of aromatic hydroxyl groups is 1. The van der Waals surface area contributed by atoms with Crippen LogP contribution in [0, 0.1) is 0 Å². The van der Waals surface area contributed by atoms with E-state index >= 15 is 0 Å². The summed E-state index contributed by atoms with van der Waals surface area (Å²) in [4.78, 5) is 29.0. The summed E-state index contributed by atoms with van der Waals surface area (Å²) in [5.74, 6) is -0.0512. The zero-order chi connectivity index (χ0) is 17.1. The van der Waals surface area contributed by atoms with E-state index in [1.165, 1.54) is 6.07 Å². The Balaban J connectivity index is 1.70. The van der Waals surface area contributed by atoms with Gasteiger partial charge in [0.15, 0.2) is 0 Å². The summed E-state index contributed by atoms with van der Waals surface area (Å²) in [6, 6.07) is 4.32. The predicted octanol–water partition coefficient (Wildman–Crippen LogP) is 1.01. The highest BCUT2D eigenvalue weighted by molar-refractivity contribution is 6.32. The van der Waals surface area contributed by atoms with Gasteiger partial charge in [0, 0.05) is 32.7 Å². The molecule has 2 fully saturated rings. The number of nitrogens with one attached hydrogen (secondary N) is 1. The van der Waals surface area contributed by atoms with Crippen LogP contribution in [0.5, 0.6) is 5.75 Å². The van der Waals surface area contributed by atoms with Gasteiger partial charge in [-0.25, -0.2) is 0 Å². The number of carbonyl (C=O) groups excluding carboxylic acids is 2. The topological polar surface area (TPSA) is 72.9 Å². The fourth-order valence-electron chi connectivity index (χ4n) is 3.31. The van der Waals surface area contributed by atoms with Gasteiger partial charge in [-0.1, -0.05) is 17.7 Å². The number of phenols is 1. The number of hydrogen-bond donors (Lipinski definition) is 2. The number of rotatable bonds is 3. The standard InChI is InChI=1S/C17H22ClN3O3/c18-13-9-12(3-4-15(13)22)10-16(23)21-8-5-19-11-14(21)17(24)20-6-1-2-7-20/h3-4,9,14,19,22H,1-2,5-8,10-11H2. The van der Waals surface area contributed by atoms with Crippen molar-refractivity contribution in [3.8, 4) is 5.75 Å². The van der Waals surface area contributed by atoms with E-state index in [4.69, 9.17) is 11.6 Å². The number of halogens is 1. The first kappa shape index (κ1) is 17.0. The van der Waals surface area contributed by atoms with Crippen molar-refractivity contribution in [1.29, 1.82) is 0 Å². The molecule has 1 aromatic rings. The highest BCUT2D eigenvalue weighted by Gasteiger charge is 2.35. The second-order valence-electron chi connectivity index (χ2n) is 6.30. The summed E-state index contributed by atoms with van der Waals surface area (Å²) in [6.45, 7) is 3.27. The molecule has 24 heavy (non-hydrogen) atoms. The van der Waals surface area contributed by atoms with E-state index in [9.17, 15) is 14.7 Å². The van der Waals surface area contributed by atoms with Crippen LogP contribution in [0.1, 0.15) is 18.4 Å². The van der Waals surface area contributed by atoms with Gasteiger partial charge in [-0.2, -0.15) is 0 Å². The first-order chi connectivity index (χ1) is 11.6. The number of phenolic OH excluding ortho intramolecular Hbond substituents is 1. The van der Waals surface area contributed by atoms with E-state index in [0.717, 1.165) is 31.5 Å². The molecule has 0 radical (unpaired) electrons. The maximum atomic E-state index is 12.7. The summed E-state index contributed by atoms with van der Waals surface area (Å²) >= 11 is 5.90. The number of benzene rings is 1. The molecule has 1 aromatic carbocycles. The Bertz CT molecular complexity index is 632. The molecule has 2 amide bonds. The van der Waals surface area contributed by atoms with Crippen molar-refractivity contribution in [2.45, 2.75) is 25.3 Å². The molecule has 2 aliphatic rings. The zero-order valence-corrected chi connectivity index (χ0v) is 14.3. The summed E-state index contributed by atoms with van der Waals surface area (Å²) in [7, 11) is 0. The van der Waals surface area contributed by atoms with Crippen molar-refractivity contribution in [2.24, 2.45) is 0 Å². The molecular weight excluding hydrogens is 330 g/mol. The van der Waals surface area contributed by atoms with E-state index < -0.39 is 6.04 Å². The lowest BCUT2D eigenvalue weighted by molar-refractivity contribution is -0.145. The Morgan fingerprint density at radius 1 is 1.25 bits per heavy atom. The van der Waals surface area contributed by atoms with E-state index in [1.807, 2.05) is 4.90 Å². The van der Waals surface area contributed by atoms with Crippen LogP contribution >= 0.6 is 11.6 Å². The Morgan fingerprint density at radius 3 is 2.71 bits per heavy atom. The summed E-state index contributed by atoms with van der Waals surface area (Å²) in [6.07, 6.45) is 2.24. The van der Waals surface area contributed by atoms with Crippen LogP contribution in [0.25, 0.3) is 0 Å². The van der Waals surface area contributed by atoms with Crippen LogP contribution in [-0.2, 0) is 16.0 Å². The van der Waals surface area contributed by atoms with Gasteiger partial charge in [-0.15, -0.1) is 0 Å². The van der Waals surface area contributed by atoms with Gasteiger partial charge < -0.3 is 20.2 Å².